The topological polar surface area (TPSA) is 50.2 Å². The average molecular weight is 206 g/mol. The first-order valence-electron chi connectivity index (χ1n) is 3.36. The van der Waals surface area contributed by atoms with Crippen molar-refractivity contribution in [1.82, 2.24) is 4.98 Å². The Bertz CT molecular complexity index is 275. The van der Waals surface area contributed by atoms with Crippen molar-refractivity contribution < 1.29 is 8.76 Å². The number of rotatable bonds is 3. The van der Waals surface area contributed by atoms with Crippen LogP contribution in [0.2, 0.25) is 5.15 Å². The van der Waals surface area contributed by atoms with Crippen molar-refractivity contribution in [2.45, 2.75) is 6.42 Å². The molecule has 5 heteroatoms. The molecule has 0 aromatic carbocycles. The van der Waals surface area contributed by atoms with Gasteiger partial charge in [0.05, 0.1) is 5.75 Å². The highest BCUT2D eigenvalue weighted by Crippen LogP contribution is 2.05. The zero-order chi connectivity index (χ0) is 8.97. The Hall–Kier alpha value is -0.450. The molecule has 1 aromatic heterocycles. The van der Waals surface area contributed by atoms with Crippen LogP contribution in [0.5, 0.6) is 0 Å². The number of halogens is 1. The second-order valence-electron chi connectivity index (χ2n) is 2.26. The summed E-state index contributed by atoms with van der Waals surface area (Å²) in [4.78, 5) is 3.84. The van der Waals surface area contributed by atoms with Crippen LogP contribution in [-0.2, 0) is 17.5 Å². The Balaban J connectivity index is 2.53. The van der Waals surface area contributed by atoms with Crippen LogP contribution >= 0.6 is 11.6 Å². The lowest BCUT2D eigenvalue weighted by Crippen LogP contribution is -1.99. The number of hydrogen-bond acceptors (Lipinski definition) is 2. The summed E-state index contributed by atoms with van der Waals surface area (Å²) in [5.74, 6) is 0.239. The number of aromatic nitrogens is 1. The minimum absolute atomic E-state index is 0.239. The van der Waals surface area contributed by atoms with Gasteiger partial charge < -0.3 is 4.55 Å². The first kappa shape index (κ1) is 9.64. The third-order valence-electron chi connectivity index (χ3n) is 1.35. The van der Waals surface area contributed by atoms with E-state index in [-0.39, 0.29) is 5.75 Å². The van der Waals surface area contributed by atoms with E-state index in [1.807, 2.05) is 0 Å². The third kappa shape index (κ3) is 3.30. The Morgan fingerprint density at radius 1 is 1.58 bits per heavy atom. The molecular formula is C7H8ClNO2S. The molecule has 0 saturated heterocycles. The molecule has 1 aromatic rings. The maximum atomic E-state index is 10.3. The van der Waals surface area contributed by atoms with Crippen LogP contribution < -0.4 is 0 Å². The maximum Gasteiger partial charge on any atom is 0.153 e. The highest BCUT2D eigenvalue weighted by atomic mass is 35.5. The Morgan fingerprint density at radius 3 is 2.83 bits per heavy atom. The number of pyridine rings is 1. The fourth-order valence-corrected chi connectivity index (χ4v) is 1.28. The SMILES string of the molecule is O=S(O)CCc1ccc(Cl)nc1. The predicted octanol–water partition coefficient (Wildman–Crippen LogP) is 1.50. The monoisotopic (exact) mass is 205 g/mol. The Labute approximate surface area is 78.1 Å². The van der Waals surface area contributed by atoms with E-state index in [1.54, 1.807) is 18.3 Å². The standard InChI is InChI=1S/C7H8ClNO2S/c8-7-2-1-6(5-9-7)3-4-12(10)11/h1-2,5H,3-4H2,(H,10,11). The summed E-state index contributed by atoms with van der Waals surface area (Å²) in [7, 11) is 0. The second kappa shape index (κ2) is 4.54. The summed E-state index contributed by atoms with van der Waals surface area (Å²) in [5.41, 5.74) is 0.918. The predicted molar refractivity (Wildman–Crippen MR) is 48.6 cm³/mol. The largest absolute Gasteiger partial charge is 0.306 e. The van der Waals surface area contributed by atoms with E-state index >= 15 is 0 Å². The molecule has 0 fully saturated rings. The molecule has 0 spiro atoms. The summed E-state index contributed by atoms with van der Waals surface area (Å²) in [6, 6.07) is 3.46. The zero-order valence-corrected chi connectivity index (χ0v) is 7.81. The molecule has 1 heterocycles. The third-order valence-corrected chi connectivity index (χ3v) is 2.13. The normalized spacial score (nSPS) is 12.8. The molecule has 1 atom stereocenters. The Morgan fingerprint density at radius 2 is 2.33 bits per heavy atom. The van der Waals surface area contributed by atoms with E-state index < -0.39 is 11.1 Å². The van der Waals surface area contributed by atoms with Crippen LogP contribution in [0.4, 0.5) is 0 Å². The van der Waals surface area contributed by atoms with Gasteiger partial charge in [-0.1, -0.05) is 17.7 Å². The van der Waals surface area contributed by atoms with Gasteiger partial charge in [0.25, 0.3) is 0 Å². The van der Waals surface area contributed by atoms with Crippen molar-refractivity contribution in [3.63, 3.8) is 0 Å². The van der Waals surface area contributed by atoms with Gasteiger partial charge in [-0.3, -0.25) is 0 Å². The van der Waals surface area contributed by atoms with Gasteiger partial charge in [0.2, 0.25) is 0 Å². The number of aryl methyl sites for hydroxylation is 1. The summed E-state index contributed by atoms with van der Waals surface area (Å²) >= 11 is 3.82. The van der Waals surface area contributed by atoms with Crippen molar-refractivity contribution >= 4 is 22.7 Å². The fraction of sp³-hybridized carbons (Fsp3) is 0.286. The van der Waals surface area contributed by atoms with Gasteiger partial charge in [-0.2, -0.15) is 0 Å². The van der Waals surface area contributed by atoms with E-state index in [0.29, 0.717) is 11.6 Å². The van der Waals surface area contributed by atoms with Crippen LogP contribution in [0.1, 0.15) is 5.56 Å². The van der Waals surface area contributed by atoms with Gasteiger partial charge in [0.15, 0.2) is 11.1 Å². The second-order valence-corrected chi connectivity index (χ2v) is 3.70. The van der Waals surface area contributed by atoms with E-state index in [4.69, 9.17) is 16.2 Å². The summed E-state index contributed by atoms with van der Waals surface area (Å²) < 4.78 is 18.8. The van der Waals surface area contributed by atoms with Crippen LogP contribution in [0, 0.1) is 0 Å². The lowest BCUT2D eigenvalue weighted by molar-refractivity contribution is 0.563. The molecule has 0 aliphatic rings. The van der Waals surface area contributed by atoms with Crippen molar-refractivity contribution in [3.05, 3.63) is 29.0 Å². The lowest BCUT2D eigenvalue weighted by Gasteiger charge is -1.97. The smallest absolute Gasteiger partial charge is 0.153 e. The highest BCUT2D eigenvalue weighted by Gasteiger charge is 1.97. The molecular weight excluding hydrogens is 198 g/mol. The van der Waals surface area contributed by atoms with Crippen LogP contribution in [-0.4, -0.2) is 19.5 Å². The van der Waals surface area contributed by atoms with Gasteiger partial charge >= 0.3 is 0 Å². The summed E-state index contributed by atoms with van der Waals surface area (Å²) in [6.07, 6.45) is 2.16. The molecule has 0 aliphatic carbocycles. The lowest BCUT2D eigenvalue weighted by atomic mass is 10.2. The molecule has 0 radical (unpaired) electrons. The van der Waals surface area contributed by atoms with Crippen LogP contribution in [0.15, 0.2) is 18.3 Å². The average Bonchev–Trinajstić information content (AvgIpc) is 2.03. The minimum Gasteiger partial charge on any atom is -0.306 e. The Kier molecular flexibility index (Phi) is 3.65. The van der Waals surface area contributed by atoms with Gasteiger partial charge in [-0.05, 0) is 18.1 Å². The van der Waals surface area contributed by atoms with E-state index in [9.17, 15) is 4.21 Å². The van der Waals surface area contributed by atoms with Crippen molar-refractivity contribution in [2.75, 3.05) is 5.75 Å². The molecule has 0 saturated carbocycles. The molecule has 1 N–H and O–H groups in total. The van der Waals surface area contributed by atoms with Crippen LogP contribution in [0.25, 0.3) is 0 Å². The van der Waals surface area contributed by atoms with Gasteiger partial charge in [0, 0.05) is 6.20 Å². The van der Waals surface area contributed by atoms with Crippen molar-refractivity contribution in [2.24, 2.45) is 0 Å². The molecule has 3 nitrogen and oxygen atoms in total. The van der Waals surface area contributed by atoms with E-state index in [0.717, 1.165) is 5.56 Å². The highest BCUT2D eigenvalue weighted by molar-refractivity contribution is 7.79. The molecule has 66 valence electrons. The first-order valence-corrected chi connectivity index (χ1v) is 5.02. The summed E-state index contributed by atoms with van der Waals surface area (Å²) in [6.45, 7) is 0. The number of nitrogens with zero attached hydrogens (tertiary/aromatic N) is 1. The molecule has 1 rings (SSSR count). The van der Waals surface area contributed by atoms with E-state index in [2.05, 4.69) is 4.98 Å². The first-order chi connectivity index (χ1) is 5.68. The van der Waals surface area contributed by atoms with Gasteiger partial charge in [-0.25, -0.2) is 9.19 Å². The van der Waals surface area contributed by atoms with Crippen LogP contribution in [0.3, 0.4) is 0 Å². The molecule has 0 amide bonds. The molecule has 0 bridgehead atoms. The van der Waals surface area contributed by atoms with Gasteiger partial charge in [0.1, 0.15) is 5.15 Å². The zero-order valence-electron chi connectivity index (χ0n) is 6.24. The van der Waals surface area contributed by atoms with Crippen molar-refractivity contribution in [1.29, 1.82) is 0 Å². The van der Waals surface area contributed by atoms with Crippen molar-refractivity contribution in [3.8, 4) is 0 Å². The van der Waals surface area contributed by atoms with E-state index in [1.165, 1.54) is 0 Å². The molecule has 0 aliphatic heterocycles. The summed E-state index contributed by atoms with van der Waals surface area (Å²) in [5, 5.41) is 0.434. The fourth-order valence-electron chi connectivity index (χ4n) is 0.759. The minimum atomic E-state index is -1.73. The number of hydrogen-bond donors (Lipinski definition) is 1. The van der Waals surface area contributed by atoms with Gasteiger partial charge in [-0.15, -0.1) is 0 Å². The molecule has 12 heavy (non-hydrogen) atoms. The maximum absolute atomic E-state index is 10.3. The molecule has 1 unspecified atom stereocenters. The quantitative estimate of drug-likeness (QED) is 0.601.